The molecule has 2 aromatic rings. The average Bonchev–Trinajstić information content (AvgIpc) is 2.73. The molecule has 0 saturated carbocycles. The molecule has 0 unspecified atom stereocenters. The molecule has 150 valence electrons. The number of aryl methyl sites for hydroxylation is 1. The number of likely N-dealkylation sites (N-methyl/N-ethyl adjacent to an activating group) is 1. The molecule has 1 fully saturated rings. The second-order valence-electron chi connectivity index (χ2n) is 7.06. The number of rotatable bonds is 7. The van der Waals surface area contributed by atoms with Gasteiger partial charge in [0.15, 0.2) is 0 Å². The van der Waals surface area contributed by atoms with E-state index < -0.39 is 0 Å². The van der Waals surface area contributed by atoms with Crippen molar-refractivity contribution in [1.82, 2.24) is 10.2 Å². The second-order valence-corrected chi connectivity index (χ2v) is 7.06. The molecule has 2 N–H and O–H groups in total. The van der Waals surface area contributed by atoms with Gasteiger partial charge in [0.05, 0.1) is 6.54 Å². The Kier molecular flexibility index (Phi) is 7.14. The number of benzene rings is 2. The molecule has 0 atom stereocenters. The molecule has 3 rings (SSSR count). The lowest BCUT2D eigenvalue weighted by molar-refractivity contribution is 0.247. The predicted molar refractivity (Wildman–Crippen MR) is 114 cm³/mol. The van der Waals surface area contributed by atoms with Gasteiger partial charge in [-0.3, -0.25) is 0 Å². The maximum atomic E-state index is 12.0. The van der Waals surface area contributed by atoms with Gasteiger partial charge in [-0.25, -0.2) is 4.79 Å². The van der Waals surface area contributed by atoms with Crippen molar-refractivity contribution in [2.24, 2.45) is 0 Å². The lowest BCUT2D eigenvalue weighted by Gasteiger charge is -2.34. The highest BCUT2D eigenvalue weighted by Crippen LogP contribution is 2.19. The fourth-order valence-corrected chi connectivity index (χ4v) is 3.15. The highest BCUT2D eigenvalue weighted by Gasteiger charge is 2.14. The molecule has 2 amide bonds. The molecule has 0 bridgehead atoms. The van der Waals surface area contributed by atoms with Crippen molar-refractivity contribution in [2.45, 2.75) is 13.3 Å². The van der Waals surface area contributed by atoms with E-state index >= 15 is 0 Å². The Labute approximate surface area is 167 Å². The maximum Gasteiger partial charge on any atom is 0.319 e. The van der Waals surface area contributed by atoms with Crippen LogP contribution in [0.4, 0.5) is 16.2 Å². The van der Waals surface area contributed by atoms with Crippen LogP contribution in [0.2, 0.25) is 0 Å². The monoisotopic (exact) mass is 382 g/mol. The Balaban J connectivity index is 1.37. The number of nitrogens with one attached hydrogen (secondary N) is 2. The minimum absolute atomic E-state index is 0.225. The summed E-state index contributed by atoms with van der Waals surface area (Å²) in [6.45, 7) is 7.22. The lowest BCUT2D eigenvalue weighted by Crippen LogP contribution is -2.44. The summed E-state index contributed by atoms with van der Waals surface area (Å²) in [7, 11) is 2.15. The van der Waals surface area contributed by atoms with Crippen LogP contribution in [0.1, 0.15) is 12.5 Å². The minimum atomic E-state index is -0.225. The van der Waals surface area contributed by atoms with Crippen LogP contribution in [0, 0.1) is 0 Å². The van der Waals surface area contributed by atoms with E-state index in [0.29, 0.717) is 13.2 Å². The van der Waals surface area contributed by atoms with E-state index in [0.717, 1.165) is 44.0 Å². The molecule has 0 aliphatic carbocycles. The fraction of sp³-hybridized carbons (Fsp3) is 0.409. The van der Waals surface area contributed by atoms with Gasteiger partial charge < -0.3 is 25.2 Å². The van der Waals surface area contributed by atoms with Crippen molar-refractivity contribution in [2.75, 3.05) is 56.6 Å². The minimum Gasteiger partial charge on any atom is -0.492 e. The highest BCUT2D eigenvalue weighted by atomic mass is 16.5. The molecular formula is C22H30N4O2. The SMILES string of the molecule is CCc1ccc(OCCNC(=O)Nc2ccc(N3CCN(C)CC3)cc2)cc1. The van der Waals surface area contributed by atoms with E-state index in [-0.39, 0.29) is 6.03 Å². The summed E-state index contributed by atoms with van der Waals surface area (Å²) in [5, 5.41) is 5.68. The number of anilines is 2. The first-order chi connectivity index (χ1) is 13.6. The number of urea groups is 1. The zero-order valence-corrected chi connectivity index (χ0v) is 16.8. The van der Waals surface area contributed by atoms with Gasteiger partial charge in [-0.1, -0.05) is 19.1 Å². The smallest absolute Gasteiger partial charge is 0.319 e. The fourth-order valence-electron chi connectivity index (χ4n) is 3.15. The van der Waals surface area contributed by atoms with E-state index in [1.807, 2.05) is 24.3 Å². The van der Waals surface area contributed by atoms with Crippen LogP contribution in [-0.2, 0) is 6.42 Å². The molecule has 1 aliphatic heterocycles. The quantitative estimate of drug-likeness (QED) is 0.722. The summed E-state index contributed by atoms with van der Waals surface area (Å²) in [6, 6.07) is 15.8. The Hall–Kier alpha value is -2.73. The predicted octanol–water partition coefficient (Wildman–Crippen LogP) is 3.20. The Morgan fingerprint density at radius 1 is 1.00 bits per heavy atom. The largest absolute Gasteiger partial charge is 0.492 e. The number of piperazine rings is 1. The van der Waals surface area contributed by atoms with Gasteiger partial charge in [-0.2, -0.15) is 0 Å². The van der Waals surface area contributed by atoms with Gasteiger partial charge in [0.25, 0.3) is 0 Å². The van der Waals surface area contributed by atoms with Gasteiger partial charge in [-0.05, 0) is 55.4 Å². The van der Waals surface area contributed by atoms with Crippen molar-refractivity contribution in [1.29, 1.82) is 0 Å². The summed E-state index contributed by atoms with van der Waals surface area (Å²) >= 11 is 0. The van der Waals surface area contributed by atoms with Gasteiger partial charge in [-0.15, -0.1) is 0 Å². The second kappa shape index (κ2) is 9.99. The van der Waals surface area contributed by atoms with Crippen molar-refractivity contribution < 1.29 is 9.53 Å². The molecular weight excluding hydrogens is 352 g/mol. The standard InChI is InChI=1S/C22H30N4O2/c1-3-18-4-10-21(11-5-18)28-17-12-23-22(27)24-19-6-8-20(9-7-19)26-15-13-25(2)14-16-26/h4-11H,3,12-17H2,1-2H3,(H2,23,24,27). The van der Waals surface area contributed by atoms with Crippen LogP contribution in [-0.4, -0.2) is 57.3 Å². The van der Waals surface area contributed by atoms with Crippen LogP contribution in [0.25, 0.3) is 0 Å². The summed E-state index contributed by atoms with van der Waals surface area (Å²) in [5.41, 5.74) is 3.26. The van der Waals surface area contributed by atoms with E-state index in [4.69, 9.17) is 4.74 Å². The van der Waals surface area contributed by atoms with Gasteiger partial charge in [0.2, 0.25) is 0 Å². The van der Waals surface area contributed by atoms with E-state index in [9.17, 15) is 4.79 Å². The third kappa shape index (κ3) is 5.89. The first-order valence-electron chi connectivity index (χ1n) is 9.94. The first kappa shape index (κ1) is 20.0. The molecule has 6 nitrogen and oxygen atoms in total. The molecule has 6 heteroatoms. The molecule has 0 radical (unpaired) electrons. The molecule has 1 saturated heterocycles. The molecule has 1 aliphatic rings. The summed E-state index contributed by atoms with van der Waals surface area (Å²) < 4.78 is 5.65. The van der Waals surface area contributed by atoms with Gasteiger partial charge in [0.1, 0.15) is 12.4 Å². The van der Waals surface area contributed by atoms with Crippen molar-refractivity contribution in [3.8, 4) is 5.75 Å². The van der Waals surface area contributed by atoms with Crippen LogP contribution in [0.3, 0.4) is 0 Å². The maximum absolute atomic E-state index is 12.0. The third-order valence-corrected chi connectivity index (χ3v) is 4.98. The van der Waals surface area contributed by atoms with Crippen molar-refractivity contribution >= 4 is 17.4 Å². The van der Waals surface area contributed by atoms with Crippen LogP contribution in [0.15, 0.2) is 48.5 Å². The number of carbonyl (C=O) groups excluding carboxylic acids is 1. The summed E-state index contributed by atoms with van der Waals surface area (Å²) in [4.78, 5) is 16.7. The van der Waals surface area contributed by atoms with Crippen molar-refractivity contribution in [3.05, 3.63) is 54.1 Å². The lowest BCUT2D eigenvalue weighted by atomic mass is 10.2. The molecule has 28 heavy (non-hydrogen) atoms. The summed E-state index contributed by atoms with van der Waals surface area (Å²) in [6.07, 6.45) is 1.01. The van der Waals surface area contributed by atoms with Crippen LogP contribution < -0.4 is 20.3 Å². The number of amides is 2. The van der Waals surface area contributed by atoms with E-state index in [1.54, 1.807) is 0 Å². The number of carbonyl (C=O) groups is 1. The van der Waals surface area contributed by atoms with Crippen LogP contribution >= 0.6 is 0 Å². The number of hydrogen-bond donors (Lipinski definition) is 2. The first-order valence-corrected chi connectivity index (χ1v) is 9.94. The number of nitrogens with zero attached hydrogens (tertiary/aromatic N) is 2. The van der Waals surface area contributed by atoms with Gasteiger partial charge >= 0.3 is 6.03 Å². The summed E-state index contributed by atoms with van der Waals surface area (Å²) in [5.74, 6) is 0.818. The normalized spacial score (nSPS) is 14.6. The van der Waals surface area contributed by atoms with Crippen LogP contribution in [0.5, 0.6) is 5.75 Å². The third-order valence-electron chi connectivity index (χ3n) is 4.98. The zero-order valence-electron chi connectivity index (χ0n) is 16.8. The molecule has 0 spiro atoms. The molecule has 1 heterocycles. The van der Waals surface area contributed by atoms with Gasteiger partial charge in [0, 0.05) is 37.6 Å². The molecule has 0 aromatic heterocycles. The zero-order chi connectivity index (χ0) is 19.8. The Morgan fingerprint density at radius 2 is 1.68 bits per heavy atom. The van der Waals surface area contributed by atoms with E-state index in [2.05, 4.69) is 58.7 Å². The molecule has 2 aromatic carbocycles. The Bertz CT molecular complexity index is 738. The highest BCUT2D eigenvalue weighted by molar-refractivity contribution is 5.89. The average molecular weight is 383 g/mol. The topological polar surface area (TPSA) is 56.8 Å². The number of hydrogen-bond acceptors (Lipinski definition) is 4. The Morgan fingerprint density at radius 3 is 2.32 bits per heavy atom. The number of ether oxygens (including phenoxy) is 1. The van der Waals surface area contributed by atoms with Crippen molar-refractivity contribution in [3.63, 3.8) is 0 Å². The van der Waals surface area contributed by atoms with E-state index in [1.165, 1.54) is 11.3 Å².